The summed E-state index contributed by atoms with van der Waals surface area (Å²) in [5.74, 6) is 1.85. The van der Waals surface area contributed by atoms with E-state index < -0.39 is 0 Å². The van der Waals surface area contributed by atoms with E-state index in [1.54, 1.807) is 0 Å². The summed E-state index contributed by atoms with van der Waals surface area (Å²) in [6.07, 6.45) is 7.44. The first-order valence-corrected chi connectivity index (χ1v) is 23.8. The first kappa shape index (κ1) is 42.3. The van der Waals surface area contributed by atoms with Crippen LogP contribution in [0.1, 0.15) is 154 Å². The van der Waals surface area contributed by atoms with Gasteiger partial charge in [-0.25, -0.2) is 0 Å². The molecule has 1 aliphatic heterocycles. The van der Waals surface area contributed by atoms with Crippen molar-refractivity contribution in [3.05, 3.63) is 150 Å². The average molecular weight is 911 g/mol. The molecule has 7 rings (SSSR count). The van der Waals surface area contributed by atoms with Crippen molar-refractivity contribution in [2.45, 2.75) is 119 Å². The third-order valence-corrected chi connectivity index (χ3v) is 13.9. The molecule has 0 aliphatic carbocycles. The zero-order chi connectivity index (χ0) is 41.1. The smallest absolute Gasteiger partial charge is 0.119 e. The van der Waals surface area contributed by atoms with Gasteiger partial charge in [0, 0.05) is 69.1 Å². The van der Waals surface area contributed by atoms with Gasteiger partial charge >= 0.3 is 0 Å². The second-order valence-electron chi connectivity index (χ2n) is 16.0. The molecule has 0 radical (unpaired) electrons. The highest BCUT2D eigenvalue weighted by Crippen LogP contribution is 2.43. The molecule has 1 aliphatic rings. The average Bonchev–Trinajstić information content (AvgIpc) is 3.92. The van der Waals surface area contributed by atoms with Crippen molar-refractivity contribution in [1.82, 2.24) is 19.9 Å². The molecule has 4 N–H and O–H groups in total. The Morgan fingerprint density at radius 2 is 0.741 bits per heavy atom. The number of ether oxygens (including phenoxy) is 2. The van der Waals surface area contributed by atoms with Crippen molar-refractivity contribution < 1.29 is 9.47 Å². The molecular formula is C50H62Br2N4O2. The second kappa shape index (κ2) is 18.6. The lowest BCUT2D eigenvalue weighted by atomic mass is 9.87. The van der Waals surface area contributed by atoms with Crippen LogP contribution >= 0.6 is 31.9 Å². The molecule has 2 aromatic carbocycles. The van der Waals surface area contributed by atoms with Crippen molar-refractivity contribution in [2.75, 3.05) is 23.9 Å². The molecule has 4 aromatic heterocycles. The van der Waals surface area contributed by atoms with E-state index in [1.165, 1.54) is 101 Å². The number of rotatable bonds is 14. The van der Waals surface area contributed by atoms with Gasteiger partial charge in [-0.3, -0.25) is 0 Å². The molecule has 6 aromatic rings. The number of benzene rings is 2. The number of halogens is 2. The lowest BCUT2D eigenvalue weighted by Gasteiger charge is -2.20. The maximum absolute atomic E-state index is 6.12. The summed E-state index contributed by atoms with van der Waals surface area (Å²) in [6, 6.07) is 17.7. The van der Waals surface area contributed by atoms with Crippen molar-refractivity contribution in [3.63, 3.8) is 0 Å². The molecule has 8 bridgehead atoms. The highest BCUT2D eigenvalue weighted by Gasteiger charge is 2.32. The van der Waals surface area contributed by atoms with Crippen LogP contribution in [0.2, 0.25) is 0 Å². The summed E-state index contributed by atoms with van der Waals surface area (Å²) in [6.45, 7) is 19.9. The molecule has 6 nitrogen and oxygen atoms in total. The number of nitrogens with one attached hydrogen (secondary N) is 4. The number of fused-ring (bicyclic) bond motifs is 8. The fourth-order valence-corrected chi connectivity index (χ4v) is 10.3. The van der Waals surface area contributed by atoms with Gasteiger partial charge in [-0.05, 0) is 146 Å². The molecule has 0 saturated heterocycles. The number of aromatic amines is 4. The number of hydrogen-bond donors (Lipinski definition) is 4. The maximum atomic E-state index is 6.12. The van der Waals surface area contributed by atoms with Gasteiger partial charge in [-0.2, -0.15) is 0 Å². The minimum atomic E-state index is 0.0107. The van der Waals surface area contributed by atoms with Gasteiger partial charge in [0.05, 0.1) is 25.0 Å². The minimum Gasteiger partial charge on any atom is -0.494 e. The summed E-state index contributed by atoms with van der Waals surface area (Å²) in [7, 11) is 0. The molecule has 0 unspecified atom stereocenters. The van der Waals surface area contributed by atoms with E-state index in [2.05, 4.69) is 156 Å². The normalized spacial score (nSPS) is 15.3. The molecule has 5 heterocycles. The van der Waals surface area contributed by atoms with Crippen molar-refractivity contribution in [2.24, 2.45) is 0 Å². The summed E-state index contributed by atoms with van der Waals surface area (Å²) in [4.78, 5) is 16.5. The van der Waals surface area contributed by atoms with Gasteiger partial charge in [0.1, 0.15) is 11.5 Å². The van der Waals surface area contributed by atoms with Gasteiger partial charge in [0.2, 0.25) is 0 Å². The van der Waals surface area contributed by atoms with Gasteiger partial charge in [0.25, 0.3) is 0 Å². The number of hydrogen-bond acceptors (Lipinski definition) is 2. The van der Waals surface area contributed by atoms with E-state index in [4.69, 9.17) is 9.47 Å². The molecule has 0 fully saturated rings. The molecule has 0 saturated carbocycles. The maximum Gasteiger partial charge on any atom is 0.119 e. The summed E-state index contributed by atoms with van der Waals surface area (Å²) < 4.78 is 12.2. The Hall–Kier alpha value is -3.88. The van der Waals surface area contributed by atoms with Crippen LogP contribution in [0.5, 0.6) is 11.5 Å². The summed E-state index contributed by atoms with van der Waals surface area (Å²) >= 11 is 7.08. The van der Waals surface area contributed by atoms with E-state index in [0.717, 1.165) is 73.5 Å². The van der Waals surface area contributed by atoms with E-state index in [-0.39, 0.29) is 11.8 Å². The molecule has 308 valence electrons. The largest absolute Gasteiger partial charge is 0.494 e. The van der Waals surface area contributed by atoms with Crippen LogP contribution in [0.25, 0.3) is 0 Å². The van der Waals surface area contributed by atoms with Crippen LogP contribution < -0.4 is 9.47 Å². The van der Waals surface area contributed by atoms with Crippen LogP contribution in [0.4, 0.5) is 0 Å². The number of alkyl halides is 2. The third kappa shape index (κ3) is 8.04. The Morgan fingerprint density at radius 3 is 0.983 bits per heavy atom. The van der Waals surface area contributed by atoms with E-state index in [1.807, 2.05) is 0 Å². The Labute approximate surface area is 363 Å². The Morgan fingerprint density at radius 1 is 0.466 bits per heavy atom. The van der Waals surface area contributed by atoms with Crippen LogP contribution in [0.3, 0.4) is 0 Å². The van der Waals surface area contributed by atoms with E-state index in [9.17, 15) is 0 Å². The topological polar surface area (TPSA) is 81.6 Å². The highest BCUT2D eigenvalue weighted by atomic mass is 79.9. The quantitative estimate of drug-likeness (QED) is 0.0648. The number of aromatic nitrogens is 4. The fourth-order valence-electron chi connectivity index (χ4n) is 9.87. The van der Waals surface area contributed by atoms with Crippen LogP contribution in [0, 0.1) is 27.7 Å². The van der Waals surface area contributed by atoms with Gasteiger partial charge in [0.15, 0.2) is 0 Å². The molecule has 8 heteroatoms. The highest BCUT2D eigenvalue weighted by molar-refractivity contribution is 9.09. The van der Waals surface area contributed by atoms with Gasteiger partial charge in [-0.15, -0.1) is 0 Å². The molecular weight excluding hydrogens is 848 g/mol. The lowest BCUT2D eigenvalue weighted by molar-refractivity contribution is 0.319. The zero-order valence-corrected chi connectivity index (χ0v) is 39.0. The minimum absolute atomic E-state index is 0.0107. The number of H-pyrrole nitrogens is 4. The molecule has 0 spiro atoms. The van der Waals surface area contributed by atoms with Crippen molar-refractivity contribution in [1.29, 1.82) is 0 Å². The van der Waals surface area contributed by atoms with E-state index in [0.29, 0.717) is 13.2 Å². The van der Waals surface area contributed by atoms with E-state index >= 15 is 0 Å². The standard InChI is InChI=1S/C50H62Br2N4O2/c1-9-37-29(5)47-45(33-15-19-35(20-16-33)57-25-13-23-51)48-31(7)39(11-3)43(55-48)28-44-40(12-4)32(8)50(56-44)46(34-17-21-36(22-18-34)58-26-14-24-52)49-30(6)38(10-2)42(54-49)27-41(37)53-47/h15-22,45-46,53-56H,9-14,23-28H2,1-8H3. The second-order valence-corrected chi connectivity index (χ2v) is 17.6. The van der Waals surface area contributed by atoms with Crippen molar-refractivity contribution in [3.8, 4) is 11.5 Å². The molecule has 58 heavy (non-hydrogen) atoms. The molecule has 0 atom stereocenters. The SMILES string of the molecule is CCc1c2[nH]c(c1C)C(c1ccc(OCCCBr)cc1)c1[nH]c(c(CC)c1C)Cc1[nH]c(c(C)c1CC)C(c1ccc(OCCCBr)cc1)c1[nH]c(c(CC)c1C)C2. The summed E-state index contributed by atoms with van der Waals surface area (Å²) in [5.41, 5.74) is 23.9. The van der Waals surface area contributed by atoms with Crippen molar-refractivity contribution >= 4 is 31.9 Å². The monoisotopic (exact) mass is 908 g/mol. The summed E-state index contributed by atoms with van der Waals surface area (Å²) in [5, 5.41) is 1.87. The van der Waals surface area contributed by atoms with Crippen LogP contribution in [-0.2, 0) is 38.5 Å². The van der Waals surface area contributed by atoms with Crippen LogP contribution in [-0.4, -0.2) is 43.8 Å². The first-order valence-electron chi connectivity index (χ1n) is 21.6. The Kier molecular flexibility index (Phi) is 13.5. The zero-order valence-electron chi connectivity index (χ0n) is 35.8. The fraction of sp³-hybridized carbons (Fsp3) is 0.440. The predicted molar refractivity (Wildman–Crippen MR) is 248 cm³/mol. The lowest BCUT2D eigenvalue weighted by Crippen LogP contribution is -2.09. The first-order chi connectivity index (χ1) is 28.2. The molecule has 0 amide bonds. The Bertz CT molecular complexity index is 2050. The van der Waals surface area contributed by atoms with Gasteiger partial charge in [-0.1, -0.05) is 83.8 Å². The third-order valence-electron chi connectivity index (χ3n) is 12.8. The van der Waals surface area contributed by atoms with Crippen LogP contribution in [0.15, 0.2) is 48.5 Å². The predicted octanol–water partition coefficient (Wildman–Crippen LogP) is 12.7. The Balaban J connectivity index is 1.46. The van der Waals surface area contributed by atoms with Gasteiger partial charge < -0.3 is 29.4 Å².